The van der Waals surface area contributed by atoms with Gasteiger partial charge in [-0.1, -0.05) is 26.0 Å². The lowest BCUT2D eigenvalue weighted by molar-refractivity contribution is 0.102. The van der Waals surface area contributed by atoms with Gasteiger partial charge in [-0.25, -0.2) is 0 Å². The second-order valence-corrected chi connectivity index (χ2v) is 5.40. The third kappa shape index (κ3) is 3.92. The van der Waals surface area contributed by atoms with Gasteiger partial charge in [-0.2, -0.15) is 11.3 Å². The second-order valence-electron chi connectivity index (χ2n) is 4.62. The molecule has 0 saturated heterocycles. The number of anilines is 1. The Hall–Kier alpha value is -1.65. The molecule has 20 heavy (non-hydrogen) atoms. The molecule has 3 nitrogen and oxygen atoms in total. The van der Waals surface area contributed by atoms with Crippen LogP contribution in [0.4, 0.5) is 5.69 Å². The van der Waals surface area contributed by atoms with Gasteiger partial charge in [0.25, 0.3) is 5.91 Å². The Bertz CT molecular complexity index is 530. The molecule has 0 fully saturated rings. The number of carbonyl (C=O) groups is 1. The molecule has 1 N–H and O–H groups in total. The lowest BCUT2D eigenvalue weighted by atomic mass is 10.1. The first-order valence-corrected chi connectivity index (χ1v) is 7.82. The maximum atomic E-state index is 12.0. The molecule has 0 spiro atoms. The summed E-state index contributed by atoms with van der Waals surface area (Å²) in [5, 5.41) is 6.75. The van der Waals surface area contributed by atoms with E-state index in [0.717, 1.165) is 25.3 Å². The molecule has 1 aromatic heterocycles. The summed E-state index contributed by atoms with van der Waals surface area (Å²) in [4.78, 5) is 14.4. The van der Waals surface area contributed by atoms with Gasteiger partial charge in [-0.3, -0.25) is 9.69 Å². The molecule has 1 heterocycles. The van der Waals surface area contributed by atoms with Crippen LogP contribution in [0.25, 0.3) is 0 Å². The summed E-state index contributed by atoms with van der Waals surface area (Å²) in [6.45, 7) is 7.32. The van der Waals surface area contributed by atoms with E-state index in [2.05, 4.69) is 24.1 Å². The van der Waals surface area contributed by atoms with Crippen LogP contribution in [0.2, 0.25) is 0 Å². The Morgan fingerprint density at radius 1 is 1.15 bits per heavy atom. The number of carbonyl (C=O) groups excluding carboxylic acids is 1. The maximum absolute atomic E-state index is 12.0. The highest BCUT2D eigenvalue weighted by atomic mass is 32.1. The van der Waals surface area contributed by atoms with Crippen LogP contribution in [0, 0.1) is 0 Å². The number of nitrogens with zero attached hydrogens (tertiary/aromatic N) is 1. The first-order valence-electron chi connectivity index (χ1n) is 6.87. The molecule has 0 aliphatic rings. The van der Waals surface area contributed by atoms with Crippen LogP contribution in [0.15, 0.2) is 41.1 Å². The normalized spacial score (nSPS) is 10.8. The molecule has 4 heteroatoms. The molecule has 2 rings (SSSR count). The lowest BCUT2D eigenvalue weighted by Crippen LogP contribution is -2.22. The fraction of sp³-hybridized carbons (Fsp3) is 0.312. The number of rotatable bonds is 6. The fourth-order valence-electron chi connectivity index (χ4n) is 2.01. The molecule has 0 atom stereocenters. The van der Waals surface area contributed by atoms with E-state index in [4.69, 9.17) is 0 Å². The molecule has 0 aliphatic heterocycles. The Balaban J connectivity index is 1.98. The van der Waals surface area contributed by atoms with E-state index < -0.39 is 0 Å². The van der Waals surface area contributed by atoms with Crippen LogP contribution < -0.4 is 5.32 Å². The standard InChI is InChI=1S/C16H20N2OS/c1-3-18(4-2)11-13-5-7-14(8-6-13)16(19)17-15-9-10-20-12-15/h5-10,12H,3-4,11H2,1-2H3,(H,17,19). The topological polar surface area (TPSA) is 32.3 Å². The van der Waals surface area contributed by atoms with E-state index in [1.165, 1.54) is 5.56 Å². The molecule has 0 aliphatic carbocycles. The highest BCUT2D eigenvalue weighted by Crippen LogP contribution is 2.14. The van der Waals surface area contributed by atoms with Gasteiger partial charge in [0.2, 0.25) is 0 Å². The lowest BCUT2D eigenvalue weighted by Gasteiger charge is -2.18. The van der Waals surface area contributed by atoms with Crippen molar-refractivity contribution >= 4 is 22.9 Å². The van der Waals surface area contributed by atoms with Crippen LogP contribution in [0.5, 0.6) is 0 Å². The van der Waals surface area contributed by atoms with Crippen molar-refractivity contribution in [2.75, 3.05) is 18.4 Å². The maximum Gasteiger partial charge on any atom is 0.255 e. The van der Waals surface area contributed by atoms with Crippen molar-refractivity contribution in [2.24, 2.45) is 0 Å². The van der Waals surface area contributed by atoms with Crippen LogP contribution in [-0.2, 0) is 6.54 Å². The number of thiophene rings is 1. The van der Waals surface area contributed by atoms with E-state index in [0.29, 0.717) is 5.56 Å². The quantitative estimate of drug-likeness (QED) is 0.876. The predicted molar refractivity (Wildman–Crippen MR) is 85.3 cm³/mol. The second kappa shape index (κ2) is 7.22. The van der Waals surface area contributed by atoms with Crippen molar-refractivity contribution in [2.45, 2.75) is 20.4 Å². The zero-order valence-electron chi connectivity index (χ0n) is 11.9. The number of hydrogen-bond acceptors (Lipinski definition) is 3. The van der Waals surface area contributed by atoms with Crippen molar-refractivity contribution in [3.63, 3.8) is 0 Å². The van der Waals surface area contributed by atoms with Gasteiger partial charge < -0.3 is 5.32 Å². The largest absolute Gasteiger partial charge is 0.321 e. The zero-order chi connectivity index (χ0) is 14.4. The number of hydrogen-bond donors (Lipinski definition) is 1. The number of nitrogens with one attached hydrogen (secondary N) is 1. The molecule has 106 valence electrons. The number of benzene rings is 1. The molecule has 1 amide bonds. The van der Waals surface area contributed by atoms with Crippen molar-refractivity contribution in [1.82, 2.24) is 4.90 Å². The van der Waals surface area contributed by atoms with Gasteiger partial charge in [0.05, 0.1) is 5.69 Å². The summed E-state index contributed by atoms with van der Waals surface area (Å²) < 4.78 is 0. The fourth-order valence-corrected chi connectivity index (χ4v) is 2.59. The molecule has 0 bridgehead atoms. The van der Waals surface area contributed by atoms with Gasteiger partial charge in [-0.15, -0.1) is 0 Å². The average Bonchev–Trinajstić information content (AvgIpc) is 2.98. The van der Waals surface area contributed by atoms with E-state index >= 15 is 0 Å². The summed E-state index contributed by atoms with van der Waals surface area (Å²) >= 11 is 1.57. The molecule has 0 unspecified atom stereocenters. The SMILES string of the molecule is CCN(CC)Cc1ccc(C(=O)Nc2ccsc2)cc1. The summed E-state index contributed by atoms with van der Waals surface area (Å²) in [7, 11) is 0. The van der Waals surface area contributed by atoms with Crippen LogP contribution in [0.3, 0.4) is 0 Å². The molecular weight excluding hydrogens is 268 g/mol. The minimum Gasteiger partial charge on any atom is -0.321 e. The Morgan fingerprint density at radius 2 is 1.85 bits per heavy atom. The Morgan fingerprint density at radius 3 is 2.40 bits per heavy atom. The van der Waals surface area contributed by atoms with Gasteiger partial charge in [0.15, 0.2) is 0 Å². The van der Waals surface area contributed by atoms with E-state index in [-0.39, 0.29) is 5.91 Å². The Labute approximate surface area is 124 Å². The van der Waals surface area contributed by atoms with Crippen molar-refractivity contribution in [3.05, 3.63) is 52.2 Å². The van der Waals surface area contributed by atoms with Crippen LogP contribution in [0.1, 0.15) is 29.8 Å². The van der Waals surface area contributed by atoms with Gasteiger partial charge >= 0.3 is 0 Å². The highest BCUT2D eigenvalue weighted by Gasteiger charge is 2.07. The smallest absolute Gasteiger partial charge is 0.255 e. The summed E-state index contributed by atoms with van der Waals surface area (Å²) in [6, 6.07) is 9.74. The van der Waals surface area contributed by atoms with E-state index in [1.807, 2.05) is 41.1 Å². The highest BCUT2D eigenvalue weighted by molar-refractivity contribution is 7.08. The summed E-state index contributed by atoms with van der Waals surface area (Å²) in [5.41, 5.74) is 2.78. The Kier molecular flexibility index (Phi) is 5.32. The van der Waals surface area contributed by atoms with E-state index in [9.17, 15) is 4.79 Å². The summed E-state index contributed by atoms with van der Waals surface area (Å²) in [5.74, 6) is -0.0576. The predicted octanol–water partition coefficient (Wildman–Crippen LogP) is 3.84. The van der Waals surface area contributed by atoms with Gasteiger partial charge in [-0.05, 0) is 42.2 Å². The van der Waals surface area contributed by atoms with Gasteiger partial charge in [0, 0.05) is 17.5 Å². The first-order chi connectivity index (χ1) is 9.72. The zero-order valence-corrected chi connectivity index (χ0v) is 12.7. The summed E-state index contributed by atoms with van der Waals surface area (Å²) in [6.07, 6.45) is 0. The number of amides is 1. The molecular formula is C16H20N2OS. The van der Waals surface area contributed by atoms with Crippen LogP contribution in [-0.4, -0.2) is 23.9 Å². The van der Waals surface area contributed by atoms with E-state index in [1.54, 1.807) is 11.3 Å². The monoisotopic (exact) mass is 288 g/mol. The van der Waals surface area contributed by atoms with Crippen molar-refractivity contribution in [3.8, 4) is 0 Å². The van der Waals surface area contributed by atoms with Crippen molar-refractivity contribution < 1.29 is 4.79 Å². The molecule has 2 aromatic rings. The molecule has 0 radical (unpaired) electrons. The average molecular weight is 288 g/mol. The first kappa shape index (κ1) is 14.8. The minimum atomic E-state index is -0.0576. The third-order valence-electron chi connectivity index (χ3n) is 3.30. The minimum absolute atomic E-state index is 0.0576. The van der Waals surface area contributed by atoms with Gasteiger partial charge in [0.1, 0.15) is 0 Å². The molecule has 0 saturated carbocycles. The van der Waals surface area contributed by atoms with Crippen molar-refractivity contribution in [1.29, 1.82) is 0 Å². The van der Waals surface area contributed by atoms with Crippen LogP contribution >= 0.6 is 11.3 Å². The third-order valence-corrected chi connectivity index (χ3v) is 3.98. The molecule has 1 aromatic carbocycles.